The summed E-state index contributed by atoms with van der Waals surface area (Å²) in [5, 5.41) is 2.58. The number of hydrogen-bond donors (Lipinski definition) is 1. The van der Waals surface area contributed by atoms with E-state index in [0.717, 1.165) is 25.2 Å². The maximum atomic E-state index is 11.4. The zero-order chi connectivity index (χ0) is 12.5. The van der Waals surface area contributed by atoms with Crippen molar-refractivity contribution >= 4 is 5.91 Å². The number of rotatable bonds is 7. The first-order valence-electron chi connectivity index (χ1n) is 5.72. The smallest absolute Gasteiger partial charge is 0.251 e. The van der Waals surface area contributed by atoms with Gasteiger partial charge in [0.05, 0.1) is 6.61 Å². The van der Waals surface area contributed by atoms with E-state index in [1.54, 1.807) is 26.3 Å². The van der Waals surface area contributed by atoms with E-state index in [-0.39, 0.29) is 5.91 Å². The van der Waals surface area contributed by atoms with Crippen molar-refractivity contribution in [2.75, 3.05) is 27.4 Å². The van der Waals surface area contributed by atoms with E-state index in [0.29, 0.717) is 12.2 Å². The van der Waals surface area contributed by atoms with Crippen molar-refractivity contribution < 1.29 is 14.3 Å². The molecule has 0 heterocycles. The lowest BCUT2D eigenvalue weighted by molar-refractivity contribution is 0.0962. The van der Waals surface area contributed by atoms with Crippen LogP contribution in [0, 0.1) is 0 Å². The molecule has 0 radical (unpaired) electrons. The molecule has 1 aromatic carbocycles. The van der Waals surface area contributed by atoms with Gasteiger partial charge in [0.15, 0.2) is 0 Å². The summed E-state index contributed by atoms with van der Waals surface area (Å²) in [6.45, 7) is 1.39. The largest absolute Gasteiger partial charge is 0.494 e. The van der Waals surface area contributed by atoms with Crippen LogP contribution in [0.15, 0.2) is 24.3 Å². The SMILES string of the molecule is CNC(=O)c1cccc(OCCCCOC)c1. The average Bonchev–Trinajstić information content (AvgIpc) is 2.38. The van der Waals surface area contributed by atoms with Crippen molar-refractivity contribution in [3.8, 4) is 5.75 Å². The molecule has 17 heavy (non-hydrogen) atoms. The van der Waals surface area contributed by atoms with Crippen molar-refractivity contribution in [3.05, 3.63) is 29.8 Å². The molecule has 0 aromatic heterocycles. The number of methoxy groups -OCH3 is 1. The highest BCUT2D eigenvalue weighted by atomic mass is 16.5. The van der Waals surface area contributed by atoms with Crippen LogP contribution in [0.1, 0.15) is 23.2 Å². The number of carbonyl (C=O) groups excluding carboxylic acids is 1. The number of hydrogen-bond acceptors (Lipinski definition) is 3. The first-order chi connectivity index (χ1) is 8.27. The Hall–Kier alpha value is -1.55. The fraction of sp³-hybridized carbons (Fsp3) is 0.462. The predicted octanol–water partition coefficient (Wildman–Crippen LogP) is 1.85. The number of carbonyl (C=O) groups is 1. The molecule has 1 amide bonds. The van der Waals surface area contributed by atoms with Gasteiger partial charge in [-0.2, -0.15) is 0 Å². The third kappa shape index (κ3) is 4.87. The monoisotopic (exact) mass is 237 g/mol. The molecule has 94 valence electrons. The van der Waals surface area contributed by atoms with Crippen LogP contribution < -0.4 is 10.1 Å². The minimum Gasteiger partial charge on any atom is -0.494 e. The lowest BCUT2D eigenvalue weighted by Crippen LogP contribution is -2.17. The van der Waals surface area contributed by atoms with Gasteiger partial charge >= 0.3 is 0 Å². The van der Waals surface area contributed by atoms with Gasteiger partial charge in [-0.05, 0) is 31.0 Å². The Bertz CT molecular complexity index is 352. The quantitative estimate of drug-likeness (QED) is 0.736. The summed E-state index contributed by atoms with van der Waals surface area (Å²) in [6.07, 6.45) is 1.92. The second-order valence-electron chi connectivity index (χ2n) is 3.66. The molecule has 0 aliphatic carbocycles. The highest BCUT2D eigenvalue weighted by Crippen LogP contribution is 2.13. The van der Waals surface area contributed by atoms with E-state index in [2.05, 4.69) is 5.32 Å². The van der Waals surface area contributed by atoms with Gasteiger partial charge in [-0.15, -0.1) is 0 Å². The van der Waals surface area contributed by atoms with E-state index in [4.69, 9.17) is 9.47 Å². The number of nitrogens with one attached hydrogen (secondary N) is 1. The first-order valence-corrected chi connectivity index (χ1v) is 5.72. The number of benzene rings is 1. The fourth-order valence-corrected chi connectivity index (χ4v) is 1.41. The van der Waals surface area contributed by atoms with Crippen LogP contribution in [0.3, 0.4) is 0 Å². The number of unbranched alkanes of at least 4 members (excludes halogenated alkanes) is 1. The Balaban J connectivity index is 2.40. The summed E-state index contributed by atoms with van der Waals surface area (Å²) in [4.78, 5) is 11.4. The molecule has 1 rings (SSSR count). The molecule has 1 N–H and O–H groups in total. The maximum absolute atomic E-state index is 11.4. The average molecular weight is 237 g/mol. The Kier molecular flexibility index (Phi) is 6.10. The number of ether oxygens (including phenoxy) is 2. The molecule has 4 heteroatoms. The third-order valence-electron chi connectivity index (χ3n) is 2.33. The summed E-state index contributed by atoms with van der Waals surface area (Å²) in [6, 6.07) is 7.17. The van der Waals surface area contributed by atoms with Crippen molar-refractivity contribution in [2.24, 2.45) is 0 Å². The van der Waals surface area contributed by atoms with Gasteiger partial charge in [0.1, 0.15) is 5.75 Å². The summed E-state index contributed by atoms with van der Waals surface area (Å²) < 4.78 is 10.5. The van der Waals surface area contributed by atoms with Gasteiger partial charge in [-0.3, -0.25) is 4.79 Å². The van der Waals surface area contributed by atoms with Crippen molar-refractivity contribution in [3.63, 3.8) is 0 Å². The van der Waals surface area contributed by atoms with Crippen molar-refractivity contribution in [1.82, 2.24) is 5.32 Å². The third-order valence-corrected chi connectivity index (χ3v) is 2.33. The van der Waals surface area contributed by atoms with E-state index in [1.807, 2.05) is 12.1 Å². The predicted molar refractivity (Wildman–Crippen MR) is 66.4 cm³/mol. The molecule has 0 atom stereocenters. The second kappa shape index (κ2) is 7.68. The fourth-order valence-electron chi connectivity index (χ4n) is 1.41. The van der Waals surface area contributed by atoms with E-state index in [9.17, 15) is 4.79 Å². The maximum Gasteiger partial charge on any atom is 0.251 e. The van der Waals surface area contributed by atoms with Gasteiger partial charge in [0.25, 0.3) is 5.91 Å². The van der Waals surface area contributed by atoms with E-state index in [1.165, 1.54) is 0 Å². The molecule has 0 bridgehead atoms. The van der Waals surface area contributed by atoms with Gasteiger partial charge in [-0.25, -0.2) is 0 Å². The van der Waals surface area contributed by atoms with Crippen LogP contribution >= 0.6 is 0 Å². The van der Waals surface area contributed by atoms with Crippen LogP contribution in [0.5, 0.6) is 5.75 Å². The molecule has 0 saturated carbocycles. The van der Waals surface area contributed by atoms with Gasteiger partial charge in [0.2, 0.25) is 0 Å². The molecular formula is C13H19NO3. The highest BCUT2D eigenvalue weighted by molar-refractivity contribution is 5.94. The van der Waals surface area contributed by atoms with Crippen LogP contribution in [-0.2, 0) is 4.74 Å². The molecule has 0 spiro atoms. The lowest BCUT2D eigenvalue weighted by Gasteiger charge is -2.07. The topological polar surface area (TPSA) is 47.6 Å². The van der Waals surface area contributed by atoms with Crippen LogP contribution in [0.4, 0.5) is 0 Å². The van der Waals surface area contributed by atoms with Crippen LogP contribution in [0.25, 0.3) is 0 Å². The van der Waals surface area contributed by atoms with Crippen LogP contribution in [0.2, 0.25) is 0 Å². The second-order valence-corrected chi connectivity index (χ2v) is 3.66. The summed E-state index contributed by atoms with van der Waals surface area (Å²) in [5.41, 5.74) is 0.613. The van der Waals surface area contributed by atoms with Gasteiger partial charge in [-0.1, -0.05) is 6.07 Å². The van der Waals surface area contributed by atoms with Gasteiger partial charge in [0, 0.05) is 26.3 Å². The van der Waals surface area contributed by atoms with E-state index >= 15 is 0 Å². The lowest BCUT2D eigenvalue weighted by atomic mass is 10.2. The van der Waals surface area contributed by atoms with Crippen LogP contribution in [-0.4, -0.2) is 33.3 Å². The highest BCUT2D eigenvalue weighted by Gasteiger charge is 2.03. The zero-order valence-electron chi connectivity index (χ0n) is 10.4. The van der Waals surface area contributed by atoms with Crippen molar-refractivity contribution in [1.29, 1.82) is 0 Å². The minimum absolute atomic E-state index is 0.102. The van der Waals surface area contributed by atoms with Crippen molar-refractivity contribution in [2.45, 2.75) is 12.8 Å². The summed E-state index contributed by atoms with van der Waals surface area (Å²) in [5.74, 6) is 0.623. The minimum atomic E-state index is -0.102. The molecule has 0 fully saturated rings. The Morgan fingerprint density at radius 2 is 2.06 bits per heavy atom. The summed E-state index contributed by atoms with van der Waals surface area (Å²) in [7, 11) is 3.30. The summed E-state index contributed by atoms with van der Waals surface area (Å²) >= 11 is 0. The number of amides is 1. The Morgan fingerprint density at radius 3 is 2.76 bits per heavy atom. The molecule has 0 aliphatic heterocycles. The first kappa shape index (κ1) is 13.5. The van der Waals surface area contributed by atoms with Gasteiger partial charge < -0.3 is 14.8 Å². The Labute approximate surface area is 102 Å². The standard InChI is InChI=1S/C13H19NO3/c1-14-13(15)11-6-5-7-12(10-11)17-9-4-3-8-16-2/h5-7,10H,3-4,8-9H2,1-2H3,(H,14,15). The normalized spacial score (nSPS) is 10.0. The molecule has 4 nitrogen and oxygen atoms in total. The Morgan fingerprint density at radius 1 is 1.29 bits per heavy atom. The molecule has 0 aliphatic rings. The molecule has 1 aromatic rings. The zero-order valence-corrected chi connectivity index (χ0v) is 10.4. The molecular weight excluding hydrogens is 218 g/mol. The molecule has 0 saturated heterocycles. The molecule has 0 unspecified atom stereocenters. The van der Waals surface area contributed by atoms with E-state index < -0.39 is 0 Å².